The molecule has 84 valence electrons. The van der Waals surface area contributed by atoms with Gasteiger partial charge in [-0.15, -0.1) is 0 Å². The van der Waals surface area contributed by atoms with Crippen LogP contribution in [0.25, 0.3) is 0 Å². The Bertz CT molecular complexity index is 312. The fraction of sp³-hybridized carbons (Fsp3) is 0.500. The first kappa shape index (κ1) is 12.0. The Morgan fingerprint density at radius 1 is 1.40 bits per heavy atom. The molecule has 0 saturated heterocycles. The Morgan fingerprint density at radius 2 is 2.13 bits per heavy atom. The Kier molecular flexibility index (Phi) is 4.56. The molecule has 0 saturated carbocycles. The monoisotopic (exact) mass is 212 g/mol. The van der Waals surface area contributed by atoms with Crippen molar-refractivity contribution >= 4 is 0 Å². The van der Waals surface area contributed by atoms with Crippen molar-refractivity contribution in [2.75, 3.05) is 13.7 Å². The van der Waals surface area contributed by atoms with Gasteiger partial charge in [0.25, 0.3) is 0 Å². The number of benzene rings is 1. The van der Waals surface area contributed by atoms with Gasteiger partial charge in [-0.25, -0.2) is 4.39 Å². The van der Waals surface area contributed by atoms with E-state index in [2.05, 4.69) is 0 Å². The fourth-order valence-corrected chi connectivity index (χ4v) is 1.30. The second kappa shape index (κ2) is 5.71. The van der Waals surface area contributed by atoms with Crippen molar-refractivity contribution in [2.24, 2.45) is 0 Å². The van der Waals surface area contributed by atoms with E-state index in [1.165, 1.54) is 12.1 Å². The van der Waals surface area contributed by atoms with E-state index >= 15 is 0 Å². The maximum Gasteiger partial charge on any atom is 0.123 e. The lowest BCUT2D eigenvalue weighted by Crippen LogP contribution is -2.14. The second-order valence-corrected chi connectivity index (χ2v) is 3.62. The molecule has 0 fully saturated rings. The van der Waals surface area contributed by atoms with Gasteiger partial charge in [0.2, 0.25) is 0 Å². The highest BCUT2D eigenvalue weighted by molar-refractivity contribution is 5.32. The first-order valence-corrected chi connectivity index (χ1v) is 5.05. The zero-order valence-corrected chi connectivity index (χ0v) is 9.42. The van der Waals surface area contributed by atoms with Crippen LogP contribution in [-0.2, 0) is 4.74 Å². The van der Waals surface area contributed by atoms with Crippen LogP contribution in [0.1, 0.15) is 18.9 Å². The van der Waals surface area contributed by atoms with Crippen LogP contribution < -0.4 is 4.74 Å². The Balaban J connectivity index is 2.56. The lowest BCUT2D eigenvalue weighted by Gasteiger charge is -2.15. The standard InChI is InChI=1S/C12H17FO2/c1-9-8-11(13)4-5-12(9)15-10(2)6-7-14-3/h4-5,8,10H,6-7H2,1-3H3. The van der Waals surface area contributed by atoms with Gasteiger partial charge in [0, 0.05) is 20.1 Å². The van der Waals surface area contributed by atoms with E-state index in [4.69, 9.17) is 9.47 Å². The minimum Gasteiger partial charge on any atom is -0.490 e. The molecule has 0 aliphatic heterocycles. The van der Waals surface area contributed by atoms with Crippen LogP contribution in [0.4, 0.5) is 4.39 Å². The van der Waals surface area contributed by atoms with Crippen molar-refractivity contribution in [1.82, 2.24) is 0 Å². The quantitative estimate of drug-likeness (QED) is 0.747. The molecule has 15 heavy (non-hydrogen) atoms. The zero-order valence-electron chi connectivity index (χ0n) is 9.42. The maximum absolute atomic E-state index is 12.8. The fourth-order valence-electron chi connectivity index (χ4n) is 1.30. The lowest BCUT2D eigenvalue weighted by atomic mass is 10.2. The second-order valence-electron chi connectivity index (χ2n) is 3.62. The summed E-state index contributed by atoms with van der Waals surface area (Å²) in [5.74, 6) is 0.504. The number of aryl methyl sites for hydroxylation is 1. The van der Waals surface area contributed by atoms with Crippen LogP contribution >= 0.6 is 0 Å². The van der Waals surface area contributed by atoms with Crippen LogP contribution in [0.3, 0.4) is 0 Å². The molecule has 0 amide bonds. The summed E-state index contributed by atoms with van der Waals surface area (Å²) in [6, 6.07) is 4.54. The third-order valence-electron chi connectivity index (χ3n) is 2.19. The number of rotatable bonds is 5. The van der Waals surface area contributed by atoms with Crippen LogP contribution in [0, 0.1) is 12.7 Å². The molecule has 0 spiro atoms. The molecule has 1 atom stereocenters. The average molecular weight is 212 g/mol. The van der Waals surface area contributed by atoms with E-state index < -0.39 is 0 Å². The molecule has 1 unspecified atom stereocenters. The van der Waals surface area contributed by atoms with E-state index in [0.29, 0.717) is 6.61 Å². The maximum atomic E-state index is 12.8. The number of methoxy groups -OCH3 is 1. The highest BCUT2D eigenvalue weighted by Crippen LogP contribution is 2.20. The summed E-state index contributed by atoms with van der Waals surface area (Å²) in [6.07, 6.45) is 0.905. The van der Waals surface area contributed by atoms with Crippen molar-refractivity contribution in [2.45, 2.75) is 26.4 Å². The molecule has 0 aliphatic carbocycles. The predicted octanol–water partition coefficient (Wildman–Crippen LogP) is 2.94. The topological polar surface area (TPSA) is 18.5 Å². The molecule has 3 heteroatoms. The largest absolute Gasteiger partial charge is 0.490 e. The van der Waals surface area contributed by atoms with Gasteiger partial charge in [-0.2, -0.15) is 0 Å². The Morgan fingerprint density at radius 3 is 2.73 bits per heavy atom. The van der Waals surface area contributed by atoms with Crippen molar-refractivity contribution in [3.63, 3.8) is 0 Å². The first-order chi connectivity index (χ1) is 7.13. The summed E-state index contributed by atoms with van der Waals surface area (Å²) in [6.45, 7) is 4.48. The highest BCUT2D eigenvalue weighted by Gasteiger charge is 2.06. The molecule has 2 nitrogen and oxygen atoms in total. The summed E-state index contributed by atoms with van der Waals surface area (Å²) in [4.78, 5) is 0. The predicted molar refractivity (Wildman–Crippen MR) is 57.7 cm³/mol. The molecular weight excluding hydrogens is 195 g/mol. The molecule has 0 N–H and O–H groups in total. The van der Waals surface area contributed by atoms with Crippen molar-refractivity contribution in [1.29, 1.82) is 0 Å². The molecule has 0 bridgehead atoms. The molecule has 0 aliphatic rings. The molecule has 0 heterocycles. The van der Waals surface area contributed by atoms with Crippen molar-refractivity contribution in [3.05, 3.63) is 29.6 Å². The summed E-state index contributed by atoms with van der Waals surface area (Å²) < 4.78 is 23.4. The molecule has 0 radical (unpaired) electrons. The Hall–Kier alpha value is -1.09. The zero-order chi connectivity index (χ0) is 11.3. The molecule has 1 aromatic carbocycles. The van der Waals surface area contributed by atoms with E-state index in [1.807, 2.05) is 13.8 Å². The van der Waals surface area contributed by atoms with Gasteiger partial charge in [-0.1, -0.05) is 0 Å². The van der Waals surface area contributed by atoms with Gasteiger partial charge < -0.3 is 9.47 Å². The summed E-state index contributed by atoms with van der Waals surface area (Å²) in [5, 5.41) is 0. The van der Waals surface area contributed by atoms with Crippen LogP contribution in [0.2, 0.25) is 0 Å². The smallest absolute Gasteiger partial charge is 0.123 e. The Labute approximate surface area is 90.0 Å². The first-order valence-electron chi connectivity index (χ1n) is 5.05. The summed E-state index contributed by atoms with van der Waals surface area (Å²) >= 11 is 0. The van der Waals surface area contributed by atoms with Gasteiger partial charge in [-0.05, 0) is 37.6 Å². The van der Waals surface area contributed by atoms with Crippen LogP contribution in [0.5, 0.6) is 5.75 Å². The SMILES string of the molecule is COCCC(C)Oc1ccc(F)cc1C. The number of ether oxygens (including phenoxy) is 2. The summed E-state index contributed by atoms with van der Waals surface area (Å²) in [5.41, 5.74) is 0.819. The minimum atomic E-state index is -0.232. The summed E-state index contributed by atoms with van der Waals surface area (Å²) in [7, 11) is 1.66. The van der Waals surface area contributed by atoms with Gasteiger partial charge in [0.1, 0.15) is 11.6 Å². The van der Waals surface area contributed by atoms with Gasteiger partial charge in [0.05, 0.1) is 6.10 Å². The van der Waals surface area contributed by atoms with E-state index in [1.54, 1.807) is 13.2 Å². The van der Waals surface area contributed by atoms with Crippen molar-refractivity contribution < 1.29 is 13.9 Å². The molecule has 1 rings (SSSR count). The molecular formula is C12H17FO2. The van der Waals surface area contributed by atoms with E-state index in [-0.39, 0.29) is 11.9 Å². The van der Waals surface area contributed by atoms with Crippen LogP contribution in [0.15, 0.2) is 18.2 Å². The highest BCUT2D eigenvalue weighted by atomic mass is 19.1. The molecule has 0 aromatic heterocycles. The number of halogens is 1. The third-order valence-corrected chi connectivity index (χ3v) is 2.19. The third kappa shape index (κ3) is 3.88. The average Bonchev–Trinajstić information content (AvgIpc) is 2.19. The van der Waals surface area contributed by atoms with Gasteiger partial charge in [0.15, 0.2) is 0 Å². The lowest BCUT2D eigenvalue weighted by molar-refractivity contribution is 0.134. The minimum absolute atomic E-state index is 0.0779. The molecule has 1 aromatic rings. The van der Waals surface area contributed by atoms with E-state index in [0.717, 1.165) is 17.7 Å². The normalized spacial score (nSPS) is 12.5. The number of hydrogen-bond acceptors (Lipinski definition) is 2. The van der Waals surface area contributed by atoms with Crippen molar-refractivity contribution in [3.8, 4) is 5.75 Å². The van der Waals surface area contributed by atoms with Crippen LogP contribution in [-0.4, -0.2) is 19.8 Å². The van der Waals surface area contributed by atoms with Gasteiger partial charge in [-0.3, -0.25) is 0 Å². The number of hydrogen-bond donors (Lipinski definition) is 0. The van der Waals surface area contributed by atoms with Gasteiger partial charge >= 0.3 is 0 Å². The van der Waals surface area contributed by atoms with E-state index in [9.17, 15) is 4.39 Å².